The van der Waals surface area contributed by atoms with E-state index in [0.717, 1.165) is 5.56 Å². The first-order valence-electron chi connectivity index (χ1n) is 10.1. The molecule has 1 unspecified atom stereocenters. The highest BCUT2D eigenvalue weighted by Crippen LogP contribution is 2.31. The third kappa shape index (κ3) is 6.17. The first kappa shape index (κ1) is 23.9. The number of nitrogens with one attached hydrogen (secondary N) is 2. The first-order valence-corrected chi connectivity index (χ1v) is 11.6. The monoisotopic (exact) mass is 470 g/mol. The van der Waals surface area contributed by atoms with Gasteiger partial charge in [0.05, 0.1) is 24.8 Å². The lowest BCUT2D eigenvalue weighted by Crippen LogP contribution is -2.30. The summed E-state index contributed by atoms with van der Waals surface area (Å²) in [6.45, 7) is 3.58. The van der Waals surface area contributed by atoms with Gasteiger partial charge >= 0.3 is 0 Å². The molecule has 0 aromatic heterocycles. The number of aryl methyl sites for hydroxylation is 1. The maximum atomic E-state index is 12.8. The molecule has 0 spiro atoms. The van der Waals surface area contributed by atoms with E-state index in [0.29, 0.717) is 22.9 Å². The Kier molecular flexibility index (Phi) is 7.44. The van der Waals surface area contributed by atoms with Crippen LogP contribution in [0.1, 0.15) is 12.5 Å². The molecule has 0 aliphatic carbocycles. The average Bonchev–Trinajstić information content (AvgIpc) is 2.79. The van der Waals surface area contributed by atoms with Crippen LogP contribution in [0.25, 0.3) is 0 Å². The van der Waals surface area contributed by atoms with Crippen molar-refractivity contribution < 1.29 is 27.4 Å². The Morgan fingerprint density at radius 3 is 2.27 bits per heavy atom. The van der Waals surface area contributed by atoms with E-state index in [9.17, 15) is 13.2 Å². The van der Waals surface area contributed by atoms with Crippen LogP contribution in [0.5, 0.6) is 17.2 Å². The minimum atomic E-state index is -3.88. The average molecular weight is 471 g/mol. The molecule has 0 bridgehead atoms. The SMILES string of the molecule is COc1ccc(NS(=O)(=O)c2ccc(NC(=O)C(C)Oc3cccc(C)c3)cc2)c(OC)c1. The number of benzene rings is 3. The number of amides is 1. The summed E-state index contributed by atoms with van der Waals surface area (Å²) in [5.41, 5.74) is 1.75. The van der Waals surface area contributed by atoms with E-state index in [-0.39, 0.29) is 16.5 Å². The van der Waals surface area contributed by atoms with Gasteiger partial charge in [-0.2, -0.15) is 0 Å². The second-order valence-electron chi connectivity index (χ2n) is 7.26. The summed E-state index contributed by atoms with van der Waals surface area (Å²) in [6.07, 6.45) is -0.737. The van der Waals surface area contributed by atoms with Crippen LogP contribution in [-0.4, -0.2) is 34.6 Å². The summed E-state index contributed by atoms with van der Waals surface area (Å²) in [4.78, 5) is 12.5. The molecule has 2 N–H and O–H groups in total. The molecule has 0 heterocycles. The summed E-state index contributed by atoms with van der Waals surface area (Å²) in [5, 5.41) is 2.72. The van der Waals surface area contributed by atoms with E-state index < -0.39 is 16.1 Å². The highest BCUT2D eigenvalue weighted by atomic mass is 32.2. The number of sulfonamides is 1. The van der Waals surface area contributed by atoms with Crippen molar-refractivity contribution in [2.75, 3.05) is 24.3 Å². The van der Waals surface area contributed by atoms with Crippen molar-refractivity contribution in [3.05, 3.63) is 72.3 Å². The molecule has 3 aromatic rings. The lowest BCUT2D eigenvalue weighted by atomic mass is 10.2. The highest BCUT2D eigenvalue weighted by molar-refractivity contribution is 7.92. The molecular weight excluding hydrogens is 444 g/mol. The largest absolute Gasteiger partial charge is 0.497 e. The molecule has 1 amide bonds. The Balaban J connectivity index is 1.67. The van der Waals surface area contributed by atoms with E-state index in [2.05, 4.69) is 10.0 Å². The number of methoxy groups -OCH3 is 2. The quantitative estimate of drug-likeness (QED) is 0.485. The van der Waals surface area contributed by atoms with Gasteiger partial charge in [0.25, 0.3) is 15.9 Å². The summed E-state index contributed by atoms with van der Waals surface area (Å²) in [6, 6.07) is 18.0. The minimum absolute atomic E-state index is 0.0300. The van der Waals surface area contributed by atoms with Crippen LogP contribution in [0.2, 0.25) is 0 Å². The van der Waals surface area contributed by atoms with E-state index in [1.54, 1.807) is 31.2 Å². The Morgan fingerprint density at radius 1 is 0.909 bits per heavy atom. The Hall–Kier alpha value is -3.72. The standard InChI is InChI=1S/C24H26N2O6S/c1-16-6-5-7-20(14-16)32-17(2)24(27)25-18-8-11-21(12-9-18)33(28,29)26-22-13-10-19(30-3)15-23(22)31-4/h5-15,17,26H,1-4H3,(H,25,27). The Bertz CT molecular complexity index is 1230. The van der Waals surface area contributed by atoms with E-state index >= 15 is 0 Å². The summed E-state index contributed by atoms with van der Waals surface area (Å²) in [7, 11) is -0.933. The van der Waals surface area contributed by atoms with Gasteiger partial charge in [0, 0.05) is 11.8 Å². The number of carbonyl (C=O) groups excluding carboxylic acids is 1. The van der Waals surface area contributed by atoms with E-state index in [1.807, 2.05) is 25.1 Å². The molecule has 8 nitrogen and oxygen atoms in total. The van der Waals surface area contributed by atoms with Crippen molar-refractivity contribution >= 4 is 27.3 Å². The maximum absolute atomic E-state index is 12.8. The first-order chi connectivity index (χ1) is 15.7. The van der Waals surface area contributed by atoms with Gasteiger partial charge in [-0.1, -0.05) is 12.1 Å². The Morgan fingerprint density at radius 2 is 1.64 bits per heavy atom. The van der Waals surface area contributed by atoms with Crippen molar-refractivity contribution in [2.24, 2.45) is 0 Å². The molecule has 0 saturated carbocycles. The molecule has 3 aromatic carbocycles. The predicted octanol–water partition coefficient (Wildman–Crippen LogP) is 4.22. The van der Waals surface area contributed by atoms with Crippen LogP contribution in [0, 0.1) is 6.92 Å². The molecule has 1 atom stereocenters. The second kappa shape index (κ2) is 10.3. The van der Waals surface area contributed by atoms with Gasteiger partial charge in [-0.25, -0.2) is 8.42 Å². The molecule has 0 aliphatic rings. The number of hydrogen-bond donors (Lipinski definition) is 2. The number of anilines is 2. The Labute approximate surface area is 193 Å². The van der Waals surface area contributed by atoms with Crippen LogP contribution in [0.4, 0.5) is 11.4 Å². The van der Waals surface area contributed by atoms with Gasteiger partial charge in [-0.3, -0.25) is 9.52 Å². The summed E-state index contributed by atoms with van der Waals surface area (Å²) >= 11 is 0. The number of hydrogen-bond acceptors (Lipinski definition) is 6. The van der Waals surface area contributed by atoms with Crippen LogP contribution < -0.4 is 24.2 Å². The second-order valence-corrected chi connectivity index (χ2v) is 8.94. The maximum Gasteiger partial charge on any atom is 0.265 e. The van der Waals surface area contributed by atoms with Gasteiger partial charge in [-0.05, 0) is 67.9 Å². The molecule has 0 saturated heterocycles. The zero-order valence-corrected chi connectivity index (χ0v) is 19.6. The van der Waals surface area contributed by atoms with Crippen molar-refractivity contribution in [1.29, 1.82) is 0 Å². The third-order valence-corrected chi connectivity index (χ3v) is 6.14. The van der Waals surface area contributed by atoms with Crippen molar-refractivity contribution in [3.63, 3.8) is 0 Å². The molecule has 0 fully saturated rings. The number of carbonyl (C=O) groups is 1. The van der Waals surface area contributed by atoms with Crippen molar-refractivity contribution in [1.82, 2.24) is 0 Å². The zero-order chi connectivity index (χ0) is 24.0. The number of ether oxygens (including phenoxy) is 3. The lowest BCUT2D eigenvalue weighted by Gasteiger charge is -2.16. The van der Waals surface area contributed by atoms with Crippen LogP contribution in [0.15, 0.2) is 71.6 Å². The molecule has 0 aliphatic heterocycles. The molecule has 33 heavy (non-hydrogen) atoms. The van der Waals surface area contributed by atoms with Crippen LogP contribution in [0.3, 0.4) is 0 Å². The smallest absolute Gasteiger partial charge is 0.265 e. The predicted molar refractivity (Wildman–Crippen MR) is 127 cm³/mol. The third-order valence-electron chi connectivity index (χ3n) is 4.76. The molecule has 9 heteroatoms. The van der Waals surface area contributed by atoms with E-state index in [1.165, 1.54) is 38.5 Å². The topological polar surface area (TPSA) is 103 Å². The van der Waals surface area contributed by atoms with Gasteiger partial charge < -0.3 is 19.5 Å². The molecular formula is C24H26N2O6S. The molecule has 0 radical (unpaired) electrons. The summed E-state index contributed by atoms with van der Waals surface area (Å²) < 4.78 is 44.1. The van der Waals surface area contributed by atoms with Gasteiger partial charge in [0.1, 0.15) is 17.2 Å². The fraction of sp³-hybridized carbons (Fsp3) is 0.208. The fourth-order valence-electron chi connectivity index (χ4n) is 2.99. The van der Waals surface area contributed by atoms with Crippen molar-refractivity contribution in [2.45, 2.75) is 24.8 Å². The molecule has 3 rings (SSSR count). The van der Waals surface area contributed by atoms with Gasteiger partial charge in [0.15, 0.2) is 6.10 Å². The highest BCUT2D eigenvalue weighted by Gasteiger charge is 2.19. The van der Waals surface area contributed by atoms with E-state index in [4.69, 9.17) is 14.2 Å². The molecule has 174 valence electrons. The van der Waals surface area contributed by atoms with Crippen LogP contribution in [-0.2, 0) is 14.8 Å². The van der Waals surface area contributed by atoms with Crippen LogP contribution >= 0.6 is 0 Å². The zero-order valence-electron chi connectivity index (χ0n) is 18.8. The number of rotatable bonds is 9. The van der Waals surface area contributed by atoms with Gasteiger partial charge in [-0.15, -0.1) is 0 Å². The lowest BCUT2D eigenvalue weighted by molar-refractivity contribution is -0.122. The minimum Gasteiger partial charge on any atom is -0.497 e. The summed E-state index contributed by atoms with van der Waals surface area (Å²) in [5.74, 6) is 1.10. The van der Waals surface area contributed by atoms with Crippen molar-refractivity contribution in [3.8, 4) is 17.2 Å². The van der Waals surface area contributed by atoms with Gasteiger partial charge in [0.2, 0.25) is 0 Å². The fourth-order valence-corrected chi connectivity index (χ4v) is 4.06. The normalized spacial score (nSPS) is 11.9.